The summed E-state index contributed by atoms with van der Waals surface area (Å²) in [6, 6.07) is 15.4. The number of benzene rings is 2. The number of aromatic nitrogens is 3. The lowest BCUT2D eigenvalue weighted by atomic mass is 10.1. The van der Waals surface area contributed by atoms with Gasteiger partial charge in [-0.2, -0.15) is 5.10 Å². The maximum Gasteiger partial charge on any atom is 0.261 e. The van der Waals surface area contributed by atoms with Gasteiger partial charge in [0.15, 0.2) is 5.65 Å². The molecule has 4 aromatic rings. The summed E-state index contributed by atoms with van der Waals surface area (Å²) < 4.78 is 1.55. The van der Waals surface area contributed by atoms with Crippen LogP contribution in [0.3, 0.4) is 0 Å². The standard InChI is InChI=1S/C23H18N6O3/c1-14-20(21-24-11-4-12-29(21)27-14)22(31)25-16-9-7-15(8-10-16)23(32)28-13-19(30)26-17-5-2-3-6-18(17)28/h2-12H,13H2,1H3,(H,25,31)(H,26,30). The minimum Gasteiger partial charge on any atom is -0.323 e. The molecular weight excluding hydrogens is 408 g/mol. The van der Waals surface area contributed by atoms with Crippen molar-refractivity contribution in [1.82, 2.24) is 14.6 Å². The van der Waals surface area contributed by atoms with Crippen LogP contribution in [0.4, 0.5) is 17.1 Å². The largest absolute Gasteiger partial charge is 0.323 e. The number of fused-ring (bicyclic) bond motifs is 2. The Morgan fingerprint density at radius 3 is 2.66 bits per heavy atom. The van der Waals surface area contributed by atoms with Gasteiger partial charge in [0.05, 0.1) is 17.1 Å². The van der Waals surface area contributed by atoms with Crippen LogP contribution in [0.15, 0.2) is 67.0 Å². The summed E-state index contributed by atoms with van der Waals surface area (Å²) >= 11 is 0. The van der Waals surface area contributed by atoms with Crippen molar-refractivity contribution in [3.63, 3.8) is 0 Å². The molecule has 0 spiro atoms. The van der Waals surface area contributed by atoms with E-state index in [9.17, 15) is 14.4 Å². The third kappa shape index (κ3) is 3.35. The minimum atomic E-state index is -0.336. The van der Waals surface area contributed by atoms with E-state index in [1.807, 2.05) is 6.07 Å². The molecule has 9 heteroatoms. The van der Waals surface area contributed by atoms with Gasteiger partial charge in [-0.1, -0.05) is 12.1 Å². The van der Waals surface area contributed by atoms with Crippen LogP contribution in [0.2, 0.25) is 0 Å². The van der Waals surface area contributed by atoms with Crippen molar-refractivity contribution in [2.24, 2.45) is 0 Å². The van der Waals surface area contributed by atoms with E-state index in [-0.39, 0.29) is 24.3 Å². The second kappa shape index (κ2) is 7.62. The quantitative estimate of drug-likeness (QED) is 0.524. The van der Waals surface area contributed by atoms with E-state index in [0.29, 0.717) is 39.5 Å². The maximum atomic E-state index is 13.1. The summed E-state index contributed by atoms with van der Waals surface area (Å²) in [7, 11) is 0. The van der Waals surface area contributed by atoms with Gasteiger partial charge in [-0.05, 0) is 49.4 Å². The first-order valence-corrected chi connectivity index (χ1v) is 9.93. The van der Waals surface area contributed by atoms with Crippen LogP contribution in [0.5, 0.6) is 0 Å². The summed E-state index contributed by atoms with van der Waals surface area (Å²) in [6.07, 6.45) is 3.33. The lowest BCUT2D eigenvalue weighted by molar-refractivity contribution is -0.115. The molecule has 0 saturated carbocycles. The van der Waals surface area contributed by atoms with Gasteiger partial charge >= 0.3 is 0 Å². The molecule has 2 aromatic carbocycles. The average molecular weight is 426 g/mol. The van der Waals surface area contributed by atoms with Gasteiger partial charge in [-0.25, -0.2) is 9.50 Å². The lowest BCUT2D eigenvalue weighted by Crippen LogP contribution is -2.42. The van der Waals surface area contributed by atoms with Crippen LogP contribution in [0.1, 0.15) is 26.4 Å². The topological polar surface area (TPSA) is 109 Å². The third-order valence-corrected chi connectivity index (χ3v) is 5.20. The molecule has 1 aliphatic heterocycles. The molecule has 3 heterocycles. The van der Waals surface area contributed by atoms with E-state index >= 15 is 0 Å². The second-order valence-electron chi connectivity index (χ2n) is 7.34. The number of rotatable bonds is 3. The molecule has 0 fully saturated rings. The van der Waals surface area contributed by atoms with E-state index in [0.717, 1.165) is 0 Å². The van der Waals surface area contributed by atoms with Crippen LogP contribution in [-0.2, 0) is 4.79 Å². The fourth-order valence-corrected chi connectivity index (χ4v) is 3.72. The Labute approximate surface area is 182 Å². The summed E-state index contributed by atoms with van der Waals surface area (Å²) in [6.45, 7) is 1.69. The fraction of sp³-hybridized carbons (Fsp3) is 0.0870. The predicted molar refractivity (Wildman–Crippen MR) is 119 cm³/mol. The van der Waals surface area contributed by atoms with Crippen molar-refractivity contribution in [2.45, 2.75) is 6.92 Å². The molecule has 0 aliphatic carbocycles. The first-order valence-electron chi connectivity index (χ1n) is 9.93. The van der Waals surface area contributed by atoms with Crippen molar-refractivity contribution in [1.29, 1.82) is 0 Å². The van der Waals surface area contributed by atoms with Gasteiger partial charge in [0.2, 0.25) is 5.91 Å². The number of carbonyl (C=O) groups excluding carboxylic acids is 3. The highest BCUT2D eigenvalue weighted by molar-refractivity contribution is 6.15. The van der Waals surface area contributed by atoms with Crippen molar-refractivity contribution < 1.29 is 14.4 Å². The SMILES string of the molecule is Cc1nn2cccnc2c1C(=O)Nc1ccc(C(=O)N2CC(=O)Nc3ccccc32)cc1. The Balaban J connectivity index is 1.37. The molecule has 0 radical (unpaired) electrons. The molecular formula is C23H18N6O3. The first-order chi connectivity index (χ1) is 15.5. The van der Waals surface area contributed by atoms with Crippen LogP contribution in [0.25, 0.3) is 5.65 Å². The number of nitrogens with zero attached hydrogens (tertiary/aromatic N) is 4. The van der Waals surface area contributed by atoms with Crippen LogP contribution in [-0.4, -0.2) is 38.9 Å². The van der Waals surface area contributed by atoms with Gasteiger partial charge in [0.1, 0.15) is 12.1 Å². The van der Waals surface area contributed by atoms with Crippen molar-refractivity contribution in [3.8, 4) is 0 Å². The van der Waals surface area contributed by atoms with E-state index in [1.165, 1.54) is 4.90 Å². The normalized spacial score (nSPS) is 12.9. The highest BCUT2D eigenvalue weighted by atomic mass is 16.2. The molecule has 0 bridgehead atoms. The molecule has 5 rings (SSSR count). The maximum absolute atomic E-state index is 13.1. The monoisotopic (exact) mass is 426 g/mol. The molecule has 0 unspecified atom stereocenters. The molecule has 158 valence electrons. The molecule has 0 atom stereocenters. The third-order valence-electron chi connectivity index (χ3n) is 5.20. The number of hydrogen-bond donors (Lipinski definition) is 2. The minimum absolute atomic E-state index is 0.0602. The Kier molecular flexibility index (Phi) is 4.63. The van der Waals surface area contributed by atoms with Crippen molar-refractivity contribution >= 4 is 40.4 Å². The van der Waals surface area contributed by atoms with Crippen molar-refractivity contribution in [2.75, 3.05) is 22.1 Å². The molecule has 2 N–H and O–H groups in total. The van der Waals surface area contributed by atoms with Crippen molar-refractivity contribution in [3.05, 3.63) is 83.8 Å². The summed E-state index contributed by atoms with van der Waals surface area (Å²) in [5.41, 5.74) is 3.59. The zero-order valence-corrected chi connectivity index (χ0v) is 17.1. The Hall–Kier alpha value is -4.53. The molecule has 0 saturated heterocycles. The van der Waals surface area contributed by atoms with Gasteiger partial charge in [0, 0.05) is 23.6 Å². The van der Waals surface area contributed by atoms with Gasteiger partial charge in [0.25, 0.3) is 11.8 Å². The molecule has 3 amide bonds. The Morgan fingerprint density at radius 2 is 1.84 bits per heavy atom. The van der Waals surface area contributed by atoms with Crippen LogP contribution >= 0.6 is 0 Å². The lowest BCUT2D eigenvalue weighted by Gasteiger charge is -2.29. The van der Waals surface area contributed by atoms with Gasteiger partial charge in [-0.15, -0.1) is 0 Å². The Bertz CT molecular complexity index is 1380. The second-order valence-corrected chi connectivity index (χ2v) is 7.34. The summed E-state index contributed by atoms with van der Waals surface area (Å²) in [5.74, 6) is -0.886. The molecule has 1 aliphatic rings. The zero-order chi connectivity index (χ0) is 22.2. The number of carbonyl (C=O) groups is 3. The highest BCUT2D eigenvalue weighted by Gasteiger charge is 2.27. The van der Waals surface area contributed by atoms with Gasteiger partial charge < -0.3 is 10.6 Å². The van der Waals surface area contributed by atoms with E-state index in [4.69, 9.17) is 0 Å². The fourth-order valence-electron chi connectivity index (χ4n) is 3.72. The summed E-state index contributed by atoms with van der Waals surface area (Å²) in [5, 5.41) is 9.89. The number of amides is 3. The predicted octanol–water partition coefficient (Wildman–Crippen LogP) is 2.89. The number of anilines is 3. The zero-order valence-electron chi connectivity index (χ0n) is 17.1. The molecule has 2 aromatic heterocycles. The van der Waals surface area contributed by atoms with E-state index in [1.54, 1.807) is 72.4 Å². The van der Waals surface area contributed by atoms with Crippen LogP contribution < -0.4 is 15.5 Å². The number of hydrogen-bond acceptors (Lipinski definition) is 5. The van der Waals surface area contributed by atoms with E-state index < -0.39 is 0 Å². The molecule has 32 heavy (non-hydrogen) atoms. The number of aryl methyl sites for hydroxylation is 1. The average Bonchev–Trinajstić information content (AvgIpc) is 3.14. The number of para-hydroxylation sites is 2. The highest BCUT2D eigenvalue weighted by Crippen LogP contribution is 2.30. The smallest absolute Gasteiger partial charge is 0.261 e. The Morgan fingerprint density at radius 1 is 1.06 bits per heavy atom. The number of nitrogens with one attached hydrogen (secondary N) is 2. The first kappa shape index (κ1) is 19.4. The summed E-state index contributed by atoms with van der Waals surface area (Å²) in [4.78, 5) is 43.6. The van der Waals surface area contributed by atoms with Gasteiger partial charge in [-0.3, -0.25) is 19.3 Å². The van der Waals surface area contributed by atoms with E-state index in [2.05, 4.69) is 20.7 Å². The van der Waals surface area contributed by atoms with Crippen LogP contribution in [0, 0.1) is 6.92 Å². The molecule has 9 nitrogen and oxygen atoms in total.